The Labute approximate surface area is 153 Å². The number of carbonyl (C=O) groups excluding carboxylic acids is 1. The molecular weight excluding hydrogens is 331 g/mol. The van der Waals surface area contributed by atoms with E-state index in [4.69, 9.17) is 0 Å². The van der Waals surface area contributed by atoms with Gasteiger partial charge in [-0.15, -0.1) is 0 Å². The van der Waals surface area contributed by atoms with E-state index in [0.717, 1.165) is 12.0 Å². The van der Waals surface area contributed by atoms with Crippen molar-refractivity contribution in [2.24, 2.45) is 4.99 Å². The van der Waals surface area contributed by atoms with E-state index in [0.29, 0.717) is 30.2 Å². The van der Waals surface area contributed by atoms with Gasteiger partial charge in [0, 0.05) is 45.4 Å². The Morgan fingerprint density at radius 1 is 1.12 bits per heavy atom. The molecule has 2 rings (SSSR count). The lowest BCUT2D eigenvalue weighted by atomic mass is 10.1. The zero-order valence-corrected chi connectivity index (χ0v) is 15.4. The van der Waals surface area contributed by atoms with Crippen LogP contribution in [0.15, 0.2) is 53.5 Å². The molecule has 0 aliphatic heterocycles. The Balaban J connectivity index is 1.85. The van der Waals surface area contributed by atoms with E-state index >= 15 is 0 Å². The Hall–Kier alpha value is -2.89. The molecule has 138 valence electrons. The maximum atomic E-state index is 13.6. The molecule has 0 atom stereocenters. The summed E-state index contributed by atoms with van der Waals surface area (Å²) in [5.74, 6) is 0.355. The summed E-state index contributed by atoms with van der Waals surface area (Å²) >= 11 is 0. The number of halogens is 1. The number of aliphatic imine (C=N–C) groups is 1. The van der Waals surface area contributed by atoms with Crippen LogP contribution in [0.2, 0.25) is 0 Å². The van der Waals surface area contributed by atoms with Gasteiger partial charge in [0.15, 0.2) is 5.96 Å². The van der Waals surface area contributed by atoms with Crippen LogP contribution in [0.1, 0.15) is 21.5 Å². The van der Waals surface area contributed by atoms with Crippen molar-refractivity contribution in [1.29, 1.82) is 0 Å². The molecule has 0 spiro atoms. The molecule has 0 unspecified atom stereocenters. The third kappa shape index (κ3) is 5.58. The molecule has 26 heavy (non-hydrogen) atoms. The van der Waals surface area contributed by atoms with Crippen molar-refractivity contribution in [1.82, 2.24) is 15.5 Å². The van der Waals surface area contributed by atoms with Crippen LogP contribution in [0.3, 0.4) is 0 Å². The number of hydrogen-bond acceptors (Lipinski definition) is 2. The monoisotopic (exact) mass is 356 g/mol. The molecule has 6 heteroatoms. The number of nitrogens with one attached hydrogen (secondary N) is 2. The second-order valence-corrected chi connectivity index (χ2v) is 6.09. The Bertz CT molecular complexity index is 774. The summed E-state index contributed by atoms with van der Waals surface area (Å²) in [6.45, 7) is 1.01. The van der Waals surface area contributed by atoms with E-state index in [1.807, 2.05) is 24.3 Å². The minimum atomic E-state index is -0.238. The predicted octanol–water partition coefficient (Wildman–Crippen LogP) is 2.44. The summed E-state index contributed by atoms with van der Waals surface area (Å²) in [6.07, 6.45) is 0.745. The van der Waals surface area contributed by atoms with Crippen LogP contribution in [0.25, 0.3) is 0 Å². The molecule has 0 bridgehead atoms. The number of amides is 1. The highest BCUT2D eigenvalue weighted by atomic mass is 19.1. The fourth-order valence-corrected chi connectivity index (χ4v) is 2.48. The van der Waals surface area contributed by atoms with Gasteiger partial charge in [0.1, 0.15) is 5.82 Å². The van der Waals surface area contributed by atoms with E-state index in [2.05, 4.69) is 15.6 Å². The molecule has 1 amide bonds. The van der Waals surface area contributed by atoms with Crippen molar-refractivity contribution in [2.75, 3.05) is 27.7 Å². The second-order valence-electron chi connectivity index (χ2n) is 6.09. The molecule has 5 nitrogen and oxygen atoms in total. The summed E-state index contributed by atoms with van der Waals surface area (Å²) in [6, 6.07) is 14.2. The van der Waals surface area contributed by atoms with Gasteiger partial charge in [-0.25, -0.2) is 4.39 Å². The van der Waals surface area contributed by atoms with E-state index < -0.39 is 0 Å². The van der Waals surface area contributed by atoms with Gasteiger partial charge in [-0.3, -0.25) is 9.79 Å². The maximum Gasteiger partial charge on any atom is 0.253 e. The lowest BCUT2D eigenvalue weighted by Crippen LogP contribution is -2.38. The van der Waals surface area contributed by atoms with Crippen LogP contribution in [0.4, 0.5) is 4.39 Å². The fraction of sp³-hybridized carbons (Fsp3) is 0.300. The van der Waals surface area contributed by atoms with Gasteiger partial charge in [-0.2, -0.15) is 0 Å². The van der Waals surface area contributed by atoms with Crippen molar-refractivity contribution in [3.8, 4) is 0 Å². The Morgan fingerprint density at radius 2 is 1.88 bits per heavy atom. The van der Waals surface area contributed by atoms with Crippen molar-refractivity contribution < 1.29 is 9.18 Å². The first-order chi connectivity index (χ1) is 12.5. The fourth-order valence-electron chi connectivity index (χ4n) is 2.48. The summed E-state index contributed by atoms with van der Waals surface area (Å²) in [5, 5.41) is 6.30. The largest absolute Gasteiger partial charge is 0.356 e. The topological polar surface area (TPSA) is 56.7 Å². The third-order valence-corrected chi connectivity index (χ3v) is 3.91. The quantitative estimate of drug-likeness (QED) is 0.617. The van der Waals surface area contributed by atoms with Crippen molar-refractivity contribution in [2.45, 2.75) is 13.0 Å². The number of hydrogen-bond donors (Lipinski definition) is 2. The molecule has 2 aromatic rings. The lowest BCUT2D eigenvalue weighted by Gasteiger charge is -2.13. The molecule has 0 aliphatic carbocycles. The van der Waals surface area contributed by atoms with Crippen molar-refractivity contribution >= 4 is 11.9 Å². The molecule has 2 aromatic carbocycles. The van der Waals surface area contributed by atoms with Gasteiger partial charge >= 0.3 is 0 Å². The van der Waals surface area contributed by atoms with Crippen molar-refractivity contribution in [3.05, 3.63) is 71.0 Å². The molecule has 0 fully saturated rings. The van der Waals surface area contributed by atoms with Crippen LogP contribution < -0.4 is 10.6 Å². The Kier molecular flexibility index (Phi) is 7.14. The van der Waals surface area contributed by atoms with E-state index in [1.54, 1.807) is 44.2 Å². The summed E-state index contributed by atoms with van der Waals surface area (Å²) in [5.41, 5.74) is 2.33. The molecule has 0 heterocycles. The number of rotatable bonds is 6. The summed E-state index contributed by atoms with van der Waals surface area (Å²) < 4.78 is 13.6. The molecule has 0 aliphatic rings. The summed E-state index contributed by atoms with van der Waals surface area (Å²) in [7, 11) is 5.15. The van der Waals surface area contributed by atoms with Crippen LogP contribution in [0.5, 0.6) is 0 Å². The first-order valence-corrected chi connectivity index (χ1v) is 8.49. The number of guanidine groups is 1. The van der Waals surface area contributed by atoms with Gasteiger partial charge in [0.05, 0.1) is 0 Å². The van der Waals surface area contributed by atoms with Crippen LogP contribution >= 0.6 is 0 Å². The summed E-state index contributed by atoms with van der Waals surface area (Å²) in [4.78, 5) is 17.7. The van der Waals surface area contributed by atoms with Crippen molar-refractivity contribution in [3.63, 3.8) is 0 Å². The van der Waals surface area contributed by atoms with E-state index in [9.17, 15) is 9.18 Å². The Morgan fingerprint density at radius 3 is 2.58 bits per heavy atom. The van der Waals surface area contributed by atoms with Gasteiger partial charge in [0.25, 0.3) is 5.91 Å². The smallest absolute Gasteiger partial charge is 0.253 e. The van der Waals surface area contributed by atoms with E-state index in [-0.39, 0.29) is 11.7 Å². The molecular formula is C20H25FN4O. The molecule has 0 saturated carbocycles. The first kappa shape index (κ1) is 19.4. The highest BCUT2D eigenvalue weighted by molar-refractivity contribution is 5.94. The third-order valence-electron chi connectivity index (χ3n) is 3.91. The van der Waals surface area contributed by atoms with Gasteiger partial charge in [0.2, 0.25) is 0 Å². The normalized spacial score (nSPS) is 11.2. The molecule has 0 aromatic heterocycles. The minimum Gasteiger partial charge on any atom is -0.356 e. The lowest BCUT2D eigenvalue weighted by molar-refractivity contribution is 0.0827. The van der Waals surface area contributed by atoms with E-state index in [1.165, 1.54) is 6.07 Å². The van der Waals surface area contributed by atoms with Gasteiger partial charge < -0.3 is 15.5 Å². The zero-order chi connectivity index (χ0) is 18.9. The van der Waals surface area contributed by atoms with Crippen LogP contribution in [0, 0.1) is 5.82 Å². The zero-order valence-electron chi connectivity index (χ0n) is 15.4. The standard InChI is InChI=1S/C20H25FN4O/c1-22-20(24-14-17-8-4-5-10-18(17)21)23-12-11-15-7-6-9-16(13-15)19(26)25(2)3/h4-10,13H,11-12,14H2,1-3H3,(H2,22,23,24). The maximum absolute atomic E-state index is 13.6. The molecule has 0 radical (unpaired) electrons. The van der Waals surface area contributed by atoms with Gasteiger partial charge in [-0.1, -0.05) is 30.3 Å². The highest BCUT2D eigenvalue weighted by Gasteiger charge is 2.08. The number of carbonyl (C=O) groups is 1. The van der Waals surface area contributed by atoms with Crippen LogP contribution in [-0.2, 0) is 13.0 Å². The second kappa shape index (κ2) is 9.56. The van der Waals surface area contributed by atoms with Gasteiger partial charge in [-0.05, 0) is 30.2 Å². The number of benzene rings is 2. The highest BCUT2D eigenvalue weighted by Crippen LogP contribution is 2.08. The van der Waals surface area contributed by atoms with Crippen LogP contribution in [-0.4, -0.2) is 44.5 Å². The predicted molar refractivity (Wildman–Crippen MR) is 103 cm³/mol. The SMILES string of the molecule is CN=C(NCCc1cccc(C(=O)N(C)C)c1)NCc1ccccc1F. The molecule has 2 N–H and O–H groups in total. The average molecular weight is 356 g/mol. The molecule has 0 saturated heterocycles. The number of nitrogens with zero attached hydrogens (tertiary/aromatic N) is 2. The first-order valence-electron chi connectivity index (χ1n) is 8.49. The average Bonchev–Trinajstić information content (AvgIpc) is 2.65. The minimum absolute atomic E-state index is 0.0119.